The van der Waals surface area contributed by atoms with Crippen LogP contribution in [0.15, 0.2) is 35.3 Å². The van der Waals surface area contributed by atoms with Gasteiger partial charge in [-0.1, -0.05) is 16.8 Å². The molecule has 0 atom stereocenters. The normalized spacial score (nSPS) is 14.9. The fourth-order valence-electron chi connectivity index (χ4n) is 3.47. The van der Waals surface area contributed by atoms with Crippen LogP contribution in [0.2, 0.25) is 5.02 Å². The van der Waals surface area contributed by atoms with Gasteiger partial charge < -0.3 is 15.2 Å². The van der Waals surface area contributed by atoms with E-state index in [1.165, 1.54) is 4.52 Å². The van der Waals surface area contributed by atoms with E-state index < -0.39 is 5.56 Å². The molecule has 0 saturated carbocycles. The number of amides is 2. The Bertz CT molecular complexity index is 1130. The van der Waals surface area contributed by atoms with E-state index in [-0.39, 0.29) is 28.9 Å². The molecule has 0 unspecified atom stereocenters. The standard InChI is InChI=1S/C19H19ClN6O3/c1-11-10-26-16(18(28)21-11)15(23-24-26)19(29)25-8-6-12(7-9-25)17(27)22-14-4-2-13(20)3-5-14/h2-5,10,12H,6-9H2,1H3,(H,21,28)(H,22,27). The molecule has 1 fully saturated rings. The number of nitrogens with zero attached hydrogens (tertiary/aromatic N) is 4. The van der Waals surface area contributed by atoms with Gasteiger partial charge in [-0.25, -0.2) is 4.52 Å². The summed E-state index contributed by atoms with van der Waals surface area (Å²) in [4.78, 5) is 41.8. The van der Waals surface area contributed by atoms with Crippen LogP contribution in [0.4, 0.5) is 5.69 Å². The molecule has 29 heavy (non-hydrogen) atoms. The zero-order valence-electron chi connectivity index (χ0n) is 15.7. The summed E-state index contributed by atoms with van der Waals surface area (Å²) >= 11 is 5.86. The van der Waals surface area contributed by atoms with Crippen molar-refractivity contribution in [1.82, 2.24) is 24.7 Å². The van der Waals surface area contributed by atoms with Gasteiger partial charge in [-0.2, -0.15) is 0 Å². The molecular weight excluding hydrogens is 396 g/mol. The van der Waals surface area contributed by atoms with Crippen molar-refractivity contribution in [3.63, 3.8) is 0 Å². The number of fused-ring (bicyclic) bond motifs is 1. The Morgan fingerprint density at radius 1 is 1.21 bits per heavy atom. The van der Waals surface area contributed by atoms with Gasteiger partial charge in [0.05, 0.1) is 6.20 Å². The fraction of sp³-hybridized carbons (Fsp3) is 0.316. The van der Waals surface area contributed by atoms with Crippen LogP contribution in [-0.2, 0) is 4.79 Å². The summed E-state index contributed by atoms with van der Waals surface area (Å²) in [5.74, 6) is -0.635. The van der Waals surface area contributed by atoms with Crippen molar-refractivity contribution in [2.45, 2.75) is 19.8 Å². The second-order valence-electron chi connectivity index (χ2n) is 7.06. The number of nitrogens with one attached hydrogen (secondary N) is 2. The Morgan fingerprint density at radius 3 is 2.59 bits per heavy atom. The lowest BCUT2D eigenvalue weighted by atomic mass is 9.95. The van der Waals surface area contributed by atoms with Crippen LogP contribution in [-0.4, -0.2) is 49.6 Å². The van der Waals surface area contributed by atoms with Gasteiger partial charge in [0.1, 0.15) is 0 Å². The minimum atomic E-state index is -0.407. The zero-order chi connectivity index (χ0) is 20.5. The lowest BCUT2D eigenvalue weighted by Crippen LogP contribution is -2.41. The Labute approximate surface area is 170 Å². The molecule has 1 saturated heterocycles. The van der Waals surface area contributed by atoms with Gasteiger partial charge in [0, 0.05) is 35.4 Å². The van der Waals surface area contributed by atoms with Crippen LogP contribution in [0.5, 0.6) is 0 Å². The molecule has 2 aromatic heterocycles. The molecular formula is C19H19ClN6O3. The average Bonchev–Trinajstić information content (AvgIpc) is 3.13. The van der Waals surface area contributed by atoms with E-state index in [4.69, 9.17) is 11.6 Å². The molecule has 2 N–H and O–H groups in total. The van der Waals surface area contributed by atoms with Crippen molar-refractivity contribution in [2.24, 2.45) is 5.92 Å². The molecule has 1 aromatic carbocycles. The number of aromatic nitrogens is 4. The first-order valence-electron chi connectivity index (χ1n) is 9.23. The summed E-state index contributed by atoms with van der Waals surface area (Å²) in [6, 6.07) is 6.92. The molecule has 10 heteroatoms. The molecule has 4 rings (SSSR count). The highest BCUT2D eigenvalue weighted by Crippen LogP contribution is 2.22. The van der Waals surface area contributed by atoms with Gasteiger partial charge in [0.2, 0.25) is 5.91 Å². The maximum absolute atomic E-state index is 12.9. The number of carbonyl (C=O) groups excluding carboxylic acids is 2. The van der Waals surface area contributed by atoms with Gasteiger partial charge in [0.25, 0.3) is 11.5 Å². The van der Waals surface area contributed by atoms with E-state index in [2.05, 4.69) is 20.6 Å². The molecule has 1 aliphatic heterocycles. The summed E-state index contributed by atoms with van der Waals surface area (Å²) in [6.45, 7) is 2.53. The Hall–Kier alpha value is -3.20. The van der Waals surface area contributed by atoms with Crippen molar-refractivity contribution in [3.8, 4) is 0 Å². The SMILES string of the molecule is Cc1cn2nnc(C(=O)N3CCC(C(=O)Nc4ccc(Cl)cc4)CC3)c2c(=O)[nH]1. The second-order valence-corrected chi connectivity index (χ2v) is 7.50. The van der Waals surface area contributed by atoms with Gasteiger partial charge in [-0.3, -0.25) is 14.4 Å². The Kier molecular flexibility index (Phi) is 5.06. The number of aromatic amines is 1. The van der Waals surface area contributed by atoms with Crippen LogP contribution < -0.4 is 10.9 Å². The molecule has 2 amide bonds. The molecule has 0 aliphatic carbocycles. The largest absolute Gasteiger partial charge is 0.337 e. The molecule has 1 aliphatic rings. The molecule has 0 radical (unpaired) electrons. The molecule has 0 bridgehead atoms. The zero-order valence-corrected chi connectivity index (χ0v) is 16.4. The number of piperidine rings is 1. The van der Waals surface area contributed by atoms with Crippen LogP contribution >= 0.6 is 11.6 Å². The predicted molar refractivity (Wildman–Crippen MR) is 107 cm³/mol. The number of halogens is 1. The molecule has 9 nitrogen and oxygen atoms in total. The third-order valence-electron chi connectivity index (χ3n) is 5.00. The molecule has 150 valence electrons. The molecule has 3 heterocycles. The number of likely N-dealkylation sites (tertiary alicyclic amines) is 1. The maximum atomic E-state index is 12.9. The summed E-state index contributed by atoms with van der Waals surface area (Å²) in [5, 5.41) is 11.3. The van der Waals surface area contributed by atoms with Gasteiger partial charge in [-0.05, 0) is 44.0 Å². The average molecular weight is 415 g/mol. The van der Waals surface area contributed by atoms with Gasteiger partial charge in [0.15, 0.2) is 11.2 Å². The fourth-order valence-corrected chi connectivity index (χ4v) is 3.59. The highest BCUT2D eigenvalue weighted by Gasteiger charge is 2.30. The topological polar surface area (TPSA) is 112 Å². The van der Waals surface area contributed by atoms with Crippen LogP contribution in [0.3, 0.4) is 0 Å². The maximum Gasteiger partial charge on any atom is 0.276 e. The molecule has 3 aromatic rings. The quantitative estimate of drug-likeness (QED) is 0.679. The number of hydrogen-bond acceptors (Lipinski definition) is 5. The summed E-state index contributed by atoms with van der Waals surface area (Å²) in [5.41, 5.74) is 1.05. The number of hydrogen-bond donors (Lipinski definition) is 2. The van der Waals surface area contributed by atoms with Crippen LogP contribution in [0, 0.1) is 12.8 Å². The highest BCUT2D eigenvalue weighted by molar-refractivity contribution is 6.30. The van der Waals surface area contributed by atoms with Crippen molar-refractivity contribution >= 4 is 34.6 Å². The summed E-state index contributed by atoms with van der Waals surface area (Å²) < 4.78 is 1.31. The monoisotopic (exact) mass is 414 g/mol. The predicted octanol–water partition coefficient (Wildman–Crippen LogP) is 1.87. The third-order valence-corrected chi connectivity index (χ3v) is 5.26. The second kappa shape index (κ2) is 7.67. The first-order chi connectivity index (χ1) is 13.9. The summed E-state index contributed by atoms with van der Waals surface area (Å²) in [7, 11) is 0. The van der Waals surface area contributed by atoms with Crippen molar-refractivity contribution < 1.29 is 9.59 Å². The first kappa shape index (κ1) is 19.1. The number of aryl methyl sites for hydroxylation is 1. The van der Waals surface area contributed by atoms with Crippen LogP contribution in [0.1, 0.15) is 29.0 Å². The number of rotatable bonds is 3. The number of benzene rings is 1. The Morgan fingerprint density at radius 2 is 1.90 bits per heavy atom. The van der Waals surface area contributed by atoms with E-state index in [0.29, 0.717) is 42.3 Å². The minimum Gasteiger partial charge on any atom is -0.337 e. The third kappa shape index (κ3) is 3.86. The first-order valence-corrected chi connectivity index (χ1v) is 9.61. The van der Waals surface area contributed by atoms with E-state index >= 15 is 0 Å². The van der Waals surface area contributed by atoms with E-state index in [1.807, 2.05) is 0 Å². The molecule has 0 spiro atoms. The van der Waals surface area contributed by atoms with E-state index in [1.54, 1.807) is 42.3 Å². The lowest BCUT2D eigenvalue weighted by Gasteiger charge is -2.30. The summed E-state index contributed by atoms with van der Waals surface area (Å²) in [6.07, 6.45) is 2.66. The van der Waals surface area contributed by atoms with Gasteiger partial charge >= 0.3 is 0 Å². The minimum absolute atomic E-state index is 0.0234. The Balaban J connectivity index is 1.42. The van der Waals surface area contributed by atoms with Crippen molar-refractivity contribution in [3.05, 3.63) is 57.2 Å². The lowest BCUT2D eigenvalue weighted by molar-refractivity contribution is -0.121. The van der Waals surface area contributed by atoms with E-state index in [9.17, 15) is 14.4 Å². The van der Waals surface area contributed by atoms with E-state index in [0.717, 1.165) is 0 Å². The number of anilines is 1. The van der Waals surface area contributed by atoms with Crippen molar-refractivity contribution in [1.29, 1.82) is 0 Å². The highest BCUT2D eigenvalue weighted by atomic mass is 35.5. The smallest absolute Gasteiger partial charge is 0.276 e. The van der Waals surface area contributed by atoms with Crippen molar-refractivity contribution in [2.75, 3.05) is 18.4 Å². The number of H-pyrrole nitrogens is 1. The number of carbonyl (C=O) groups is 2. The van der Waals surface area contributed by atoms with Gasteiger partial charge in [-0.15, -0.1) is 5.10 Å². The van der Waals surface area contributed by atoms with Crippen LogP contribution in [0.25, 0.3) is 5.52 Å².